The quantitative estimate of drug-likeness (QED) is 0.157. The first-order valence-electron chi connectivity index (χ1n) is 13.7. The van der Waals surface area contributed by atoms with Gasteiger partial charge in [-0.05, 0) is 73.5 Å². The largest absolute Gasteiger partial charge is 0.391 e. The molecule has 41 heavy (non-hydrogen) atoms. The lowest BCUT2D eigenvalue weighted by Crippen LogP contribution is -2.46. The number of aromatic nitrogens is 1. The number of hydrogen-bond donors (Lipinski definition) is 4. The minimum Gasteiger partial charge on any atom is -0.391 e. The van der Waals surface area contributed by atoms with Crippen LogP contribution in [0.5, 0.6) is 0 Å². The molecule has 0 fully saturated rings. The van der Waals surface area contributed by atoms with Gasteiger partial charge in [-0.15, -0.1) is 11.8 Å². The smallest absolute Gasteiger partial charge is 0.252 e. The molecule has 5 aromatic rings. The second-order valence-corrected chi connectivity index (χ2v) is 12.4. The highest BCUT2D eigenvalue weighted by molar-refractivity contribution is 7.99. The second-order valence-electron chi connectivity index (χ2n) is 11.3. The first-order valence-corrected chi connectivity index (χ1v) is 14.7. The van der Waals surface area contributed by atoms with Crippen LogP contribution in [0.15, 0.2) is 102 Å². The summed E-state index contributed by atoms with van der Waals surface area (Å²) < 4.78 is 0. The molecule has 0 bridgehead atoms. The Morgan fingerprint density at radius 3 is 2.39 bits per heavy atom. The number of aliphatic hydroxyl groups excluding tert-OH is 1. The monoisotopic (exact) mass is 565 g/mol. The molecule has 1 heterocycles. The van der Waals surface area contributed by atoms with Gasteiger partial charge in [0.1, 0.15) is 0 Å². The van der Waals surface area contributed by atoms with Crippen LogP contribution in [0.4, 0.5) is 0 Å². The molecule has 0 aliphatic heterocycles. The zero-order valence-corrected chi connectivity index (χ0v) is 24.3. The summed E-state index contributed by atoms with van der Waals surface area (Å²) in [6.45, 7) is 5.80. The summed E-state index contributed by atoms with van der Waals surface area (Å²) in [4.78, 5) is 30.8. The number of aliphatic hydroxyl groups is 1. The highest BCUT2D eigenvalue weighted by atomic mass is 32.2. The predicted molar refractivity (Wildman–Crippen MR) is 168 cm³/mol. The highest BCUT2D eigenvalue weighted by Crippen LogP contribution is 2.26. The Kier molecular flexibility index (Phi) is 8.47. The maximum absolute atomic E-state index is 13.5. The molecule has 1 aromatic heterocycles. The first-order chi connectivity index (χ1) is 19.7. The van der Waals surface area contributed by atoms with Gasteiger partial charge in [0.05, 0.1) is 12.1 Å². The van der Waals surface area contributed by atoms with Crippen LogP contribution in [0.2, 0.25) is 0 Å². The topological polar surface area (TPSA) is 94.2 Å². The minimum atomic E-state index is -0.930. The van der Waals surface area contributed by atoms with Crippen LogP contribution in [0, 0.1) is 0 Å². The average molecular weight is 566 g/mol. The fourth-order valence-corrected chi connectivity index (χ4v) is 5.97. The van der Waals surface area contributed by atoms with Gasteiger partial charge in [0.15, 0.2) is 0 Å². The van der Waals surface area contributed by atoms with E-state index in [1.165, 1.54) is 0 Å². The maximum atomic E-state index is 13.5. The van der Waals surface area contributed by atoms with Gasteiger partial charge in [0, 0.05) is 50.8 Å². The molecular weight excluding hydrogens is 530 g/mol. The molecule has 210 valence electrons. The lowest BCUT2D eigenvalue weighted by Gasteiger charge is -2.26. The van der Waals surface area contributed by atoms with Crippen LogP contribution in [0.1, 0.15) is 47.1 Å². The summed E-state index contributed by atoms with van der Waals surface area (Å²) >= 11 is 1.58. The molecule has 4 aromatic carbocycles. The van der Waals surface area contributed by atoms with Gasteiger partial charge in [0.2, 0.25) is 0 Å². The van der Waals surface area contributed by atoms with E-state index in [1.54, 1.807) is 23.9 Å². The van der Waals surface area contributed by atoms with Gasteiger partial charge in [-0.1, -0.05) is 54.6 Å². The van der Waals surface area contributed by atoms with Gasteiger partial charge in [-0.25, -0.2) is 0 Å². The van der Waals surface area contributed by atoms with Crippen molar-refractivity contribution in [3.05, 3.63) is 114 Å². The average Bonchev–Trinajstić information content (AvgIpc) is 3.43. The molecular formula is C34H35N3O3S. The molecule has 0 aliphatic rings. The van der Waals surface area contributed by atoms with Crippen LogP contribution >= 0.6 is 11.8 Å². The molecule has 0 saturated heterocycles. The van der Waals surface area contributed by atoms with Gasteiger partial charge < -0.3 is 20.7 Å². The van der Waals surface area contributed by atoms with E-state index >= 15 is 0 Å². The first kappa shape index (κ1) is 28.5. The number of hydrogen-bond acceptors (Lipinski definition) is 4. The van der Waals surface area contributed by atoms with Crippen LogP contribution in [-0.2, 0) is 6.42 Å². The number of nitrogens with one attached hydrogen (secondary N) is 3. The molecule has 5 rings (SSSR count). The number of H-pyrrole nitrogens is 1. The molecule has 0 spiro atoms. The van der Waals surface area contributed by atoms with Crippen molar-refractivity contribution in [2.24, 2.45) is 0 Å². The van der Waals surface area contributed by atoms with E-state index in [0.717, 1.165) is 32.1 Å². The number of thioether (sulfide) groups is 1. The van der Waals surface area contributed by atoms with Crippen molar-refractivity contribution in [2.75, 3.05) is 5.75 Å². The van der Waals surface area contributed by atoms with Crippen LogP contribution in [0.3, 0.4) is 0 Å². The van der Waals surface area contributed by atoms with Crippen molar-refractivity contribution < 1.29 is 14.7 Å². The SMILES string of the molecule is CC(C)(C)NC(=O)c1ccccc1C[C@@H](O)[C@H](CSc1ccc2ccccc2c1)NC(=O)c1cccc2[nH]ccc12. The number of benzene rings is 4. The van der Waals surface area contributed by atoms with Crippen molar-refractivity contribution in [3.63, 3.8) is 0 Å². The second kappa shape index (κ2) is 12.2. The standard InChI is InChI=1S/C34H35N3O3S/c1-34(2,3)37-33(40)26-12-7-6-11-24(26)20-31(38)30(21-41-25-16-15-22-9-4-5-10-23(22)19-25)36-32(39)28-13-8-14-29-27(28)17-18-35-29/h4-19,30-31,35,38H,20-21H2,1-3H3,(H,36,39)(H,37,40)/t30-,31+/m0/s1. The zero-order valence-electron chi connectivity index (χ0n) is 23.5. The van der Waals surface area contributed by atoms with E-state index in [2.05, 4.69) is 45.9 Å². The van der Waals surface area contributed by atoms with Crippen molar-refractivity contribution in [1.29, 1.82) is 0 Å². The van der Waals surface area contributed by atoms with Crippen LogP contribution < -0.4 is 10.6 Å². The summed E-state index contributed by atoms with van der Waals surface area (Å²) in [7, 11) is 0. The number of carbonyl (C=O) groups excluding carboxylic acids is 2. The number of amides is 2. The summed E-state index contributed by atoms with van der Waals surface area (Å²) in [6.07, 6.45) is 1.09. The lowest BCUT2D eigenvalue weighted by atomic mass is 9.97. The molecule has 0 unspecified atom stereocenters. The molecule has 0 aliphatic carbocycles. The van der Waals surface area contributed by atoms with Crippen LogP contribution in [0.25, 0.3) is 21.7 Å². The Balaban J connectivity index is 1.39. The summed E-state index contributed by atoms with van der Waals surface area (Å²) in [5.74, 6) is 0.00716. The highest BCUT2D eigenvalue weighted by Gasteiger charge is 2.26. The molecule has 2 atom stereocenters. The third kappa shape index (κ3) is 6.99. The number of rotatable bonds is 9. The summed E-state index contributed by atoms with van der Waals surface area (Å²) in [6, 6.07) is 28.6. The fourth-order valence-electron chi connectivity index (χ4n) is 4.92. The Morgan fingerprint density at radius 1 is 0.854 bits per heavy atom. The zero-order chi connectivity index (χ0) is 29.0. The minimum absolute atomic E-state index is 0.189. The molecule has 7 heteroatoms. The fraction of sp³-hybridized carbons (Fsp3) is 0.235. The van der Waals surface area contributed by atoms with E-state index in [9.17, 15) is 14.7 Å². The van der Waals surface area contributed by atoms with Crippen molar-refractivity contribution in [1.82, 2.24) is 15.6 Å². The van der Waals surface area contributed by atoms with Crippen molar-refractivity contribution in [2.45, 2.75) is 49.8 Å². The number of aromatic amines is 1. The normalized spacial score (nSPS) is 13.2. The van der Waals surface area contributed by atoms with Gasteiger partial charge >= 0.3 is 0 Å². The van der Waals surface area contributed by atoms with E-state index in [-0.39, 0.29) is 18.2 Å². The molecule has 2 amide bonds. The summed E-state index contributed by atoms with van der Waals surface area (Å²) in [5, 5.41) is 20.8. The Bertz CT molecular complexity index is 1690. The van der Waals surface area contributed by atoms with E-state index in [0.29, 0.717) is 16.9 Å². The third-order valence-electron chi connectivity index (χ3n) is 6.95. The van der Waals surface area contributed by atoms with Gasteiger partial charge in [-0.2, -0.15) is 0 Å². The van der Waals surface area contributed by atoms with Crippen molar-refractivity contribution in [3.8, 4) is 0 Å². The Morgan fingerprint density at radius 2 is 1.59 bits per heavy atom. The van der Waals surface area contributed by atoms with E-state index in [1.807, 2.05) is 75.5 Å². The Labute approximate surface area is 244 Å². The van der Waals surface area contributed by atoms with Gasteiger partial charge in [0.25, 0.3) is 11.8 Å². The molecule has 6 nitrogen and oxygen atoms in total. The van der Waals surface area contributed by atoms with E-state index in [4.69, 9.17) is 0 Å². The molecule has 4 N–H and O–H groups in total. The molecule has 0 radical (unpaired) electrons. The predicted octanol–water partition coefficient (Wildman–Crippen LogP) is 6.34. The summed E-state index contributed by atoms with van der Waals surface area (Å²) in [5.41, 5.74) is 2.27. The third-order valence-corrected chi connectivity index (χ3v) is 8.06. The maximum Gasteiger partial charge on any atom is 0.252 e. The van der Waals surface area contributed by atoms with Crippen LogP contribution in [-0.4, -0.2) is 45.3 Å². The van der Waals surface area contributed by atoms with Crippen molar-refractivity contribution >= 4 is 45.3 Å². The molecule has 0 saturated carbocycles. The van der Waals surface area contributed by atoms with Gasteiger partial charge in [-0.3, -0.25) is 9.59 Å². The number of carbonyl (C=O) groups is 2. The lowest BCUT2D eigenvalue weighted by molar-refractivity contribution is 0.0851. The van der Waals surface area contributed by atoms with E-state index < -0.39 is 17.7 Å². The Hall–Kier alpha value is -4.07. The number of fused-ring (bicyclic) bond motifs is 2.